The van der Waals surface area contributed by atoms with E-state index in [4.69, 9.17) is 5.11 Å². The van der Waals surface area contributed by atoms with Crippen LogP contribution in [0.1, 0.15) is 25.7 Å². The molecule has 0 radical (unpaired) electrons. The van der Waals surface area contributed by atoms with Gasteiger partial charge in [-0.2, -0.15) is 5.10 Å². The number of aliphatic carboxylic acids is 1. The minimum absolute atomic E-state index is 0.0498. The second-order valence-corrected chi connectivity index (χ2v) is 7.09. The fourth-order valence-corrected chi connectivity index (χ4v) is 4.31. The molecule has 1 aliphatic carbocycles. The van der Waals surface area contributed by atoms with Gasteiger partial charge in [0.1, 0.15) is 12.6 Å². The second kappa shape index (κ2) is 7.25. The Kier molecular flexibility index (Phi) is 5.08. The number of nitrogens with zero attached hydrogens (tertiary/aromatic N) is 3. The van der Waals surface area contributed by atoms with Gasteiger partial charge in [0.2, 0.25) is 11.8 Å². The van der Waals surface area contributed by atoms with Crippen LogP contribution in [0.25, 0.3) is 0 Å². The van der Waals surface area contributed by atoms with Crippen molar-refractivity contribution in [2.75, 3.05) is 16.9 Å². The van der Waals surface area contributed by atoms with E-state index in [1.807, 2.05) is 0 Å². The first-order valence-electron chi connectivity index (χ1n) is 7.99. The number of hydrogen-bond acceptors (Lipinski definition) is 5. The van der Waals surface area contributed by atoms with Gasteiger partial charge in [-0.1, -0.05) is 12.8 Å². The molecule has 1 aliphatic heterocycles. The lowest BCUT2D eigenvalue weighted by molar-refractivity contribution is -0.139. The van der Waals surface area contributed by atoms with Crippen molar-refractivity contribution >= 4 is 35.4 Å². The van der Waals surface area contributed by atoms with Crippen molar-refractivity contribution in [3.05, 3.63) is 12.3 Å². The maximum Gasteiger partial charge on any atom is 0.325 e. The van der Waals surface area contributed by atoms with Crippen LogP contribution < -0.4 is 5.32 Å². The Balaban J connectivity index is 1.61. The summed E-state index contributed by atoms with van der Waals surface area (Å²) in [6.45, 7) is -0.262. The van der Waals surface area contributed by atoms with Crippen LogP contribution in [0.15, 0.2) is 12.3 Å². The van der Waals surface area contributed by atoms with Crippen LogP contribution in [-0.2, 0) is 20.9 Å². The zero-order valence-electron chi connectivity index (χ0n) is 13.2. The second-order valence-electron chi connectivity index (χ2n) is 6.09. The number of thioether (sulfide) groups is 1. The number of carboxylic acid groups (broad SMARTS) is 1. The minimum Gasteiger partial charge on any atom is -0.480 e. The van der Waals surface area contributed by atoms with Crippen LogP contribution in [0.4, 0.5) is 5.82 Å². The SMILES string of the molecule is O=C(O)Cn1ccc(NC(=O)C2CSCN2C(=O)C2CCCC2)n1. The quantitative estimate of drug-likeness (QED) is 0.819. The van der Waals surface area contributed by atoms with E-state index in [1.54, 1.807) is 22.7 Å². The Morgan fingerprint density at radius 3 is 2.79 bits per heavy atom. The van der Waals surface area contributed by atoms with E-state index in [0.29, 0.717) is 17.4 Å². The molecule has 1 atom stereocenters. The molecule has 1 saturated heterocycles. The highest BCUT2D eigenvalue weighted by Gasteiger charge is 2.38. The van der Waals surface area contributed by atoms with E-state index in [2.05, 4.69) is 10.4 Å². The van der Waals surface area contributed by atoms with Gasteiger partial charge in [-0.05, 0) is 12.8 Å². The van der Waals surface area contributed by atoms with Gasteiger partial charge >= 0.3 is 5.97 Å². The molecule has 0 bridgehead atoms. The molecule has 8 nitrogen and oxygen atoms in total. The average Bonchev–Trinajstić information content (AvgIpc) is 3.27. The summed E-state index contributed by atoms with van der Waals surface area (Å²) in [5, 5.41) is 15.4. The molecule has 1 unspecified atom stereocenters. The Hall–Kier alpha value is -2.03. The van der Waals surface area contributed by atoms with Gasteiger partial charge in [0.25, 0.3) is 0 Å². The Morgan fingerprint density at radius 2 is 2.08 bits per heavy atom. The van der Waals surface area contributed by atoms with Gasteiger partial charge in [-0.25, -0.2) is 0 Å². The first-order valence-corrected chi connectivity index (χ1v) is 9.14. The molecule has 2 aliphatic rings. The van der Waals surface area contributed by atoms with E-state index >= 15 is 0 Å². The third kappa shape index (κ3) is 3.72. The minimum atomic E-state index is -1.00. The van der Waals surface area contributed by atoms with Crippen molar-refractivity contribution in [2.45, 2.75) is 38.3 Å². The van der Waals surface area contributed by atoms with Crippen LogP contribution in [-0.4, -0.2) is 55.2 Å². The molecular weight excluding hydrogens is 332 g/mol. The van der Waals surface area contributed by atoms with E-state index in [1.165, 1.54) is 10.9 Å². The molecule has 0 spiro atoms. The number of carboxylic acids is 1. The third-order valence-electron chi connectivity index (χ3n) is 4.36. The Labute approximate surface area is 143 Å². The molecule has 24 heavy (non-hydrogen) atoms. The monoisotopic (exact) mass is 352 g/mol. The fraction of sp³-hybridized carbons (Fsp3) is 0.600. The van der Waals surface area contributed by atoms with Crippen molar-refractivity contribution in [3.63, 3.8) is 0 Å². The van der Waals surface area contributed by atoms with Crippen LogP contribution >= 0.6 is 11.8 Å². The number of rotatable bonds is 5. The molecule has 9 heteroatoms. The molecule has 3 rings (SSSR count). The van der Waals surface area contributed by atoms with E-state index in [0.717, 1.165) is 25.7 Å². The van der Waals surface area contributed by atoms with E-state index < -0.39 is 12.0 Å². The topological polar surface area (TPSA) is 105 Å². The summed E-state index contributed by atoms with van der Waals surface area (Å²) in [6.07, 6.45) is 5.47. The number of anilines is 1. The van der Waals surface area contributed by atoms with Crippen molar-refractivity contribution in [2.24, 2.45) is 5.92 Å². The third-order valence-corrected chi connectivity index (χ3v) is 5.37. The first-order chi connectivity index (χ1) is 11.5. The molecule has 2 heterocycles. The van der Waals surface area contributed by atoms with Gasteiger partial charge in [-0.15, -0.1) is 11.8 Å². The van der Waals surface area contributed by atoms with Gasteiger partial charge in [0.15, 0.2) is 5.82 Å². The zero-order chi connectivity index (χ0) is 17.1. The molecule has 2 N–H and O–H groups in total. The number of carbonyl (C=O) groups excluding carboxylic acids is 2. The molecule has 2 fully saturated rings. The standard InChI is InChI=1S/C15H20N4O4S/c20-13(21)7-18-6-5-12(17-18)16-14(22)11-8-24-9-19(11)15(23)10-3-1-2-4-10/h5-6,10-11H,1-4,7-9H2,(H,20,21)(H,16,17,22). The predicted molar refractivity (Wildman–Crippen MR) is 88.4 cm³/mol. The van der Waals surface area contributed by atoms with Gasteiger partial charge in [0.05, 0.1) is 5.88 Å². The summed E-state index contributed by atoms with van der Waals surface area (Å²) in [6, 6.07) is 1.05. The lowest BCUT2D eigenvalue weighted by Gasteiger charge is -2.25. The fourth-order valence-electron chi connectivity index (χ4n) is 3.15. The van der Waals surface area contributed by atoms with Crippen molar-refractivity contribution in [1.82, 2.24) is 14.7 Å². The summed E-state index contributed by atoms with van der Waals surface area (Å²) < 4.78 is 1.24. The highest BCUT2D eigenvalue weighted by atomic mass is 32.2. The van der Waals surface area contributed by atoms with Crippen LogP contribution in [0.5, 0.6) is 0 Å². The van der Waals surface area contributed by atoms with Gasteiger partial charge in [0, 0.05) is 23.9 Å². The Bertz CT molecular complexity index is 641. The number of nitrogens with one attached hydrogen (secondary N) is 1. The molecule has 1 aromatic rings. The summed E-state index contributed by atoms with van der Waals surface area (Å²) in [5.41, 5.74) is 0. The van der Waals surface area contributed by atoms with Crippen molar-refractivity contribution < 1.29 is 19.5 Å². The molecular formula is C15H20N4O4S. The van der Waals surface area contributed by atoms with Crippen LogP contribution in [0.3, 0.4) is 0 Å². The lowest BCUT2D eigenvalue weighted by atomic mass is 10.1. The number of carbonyl (C=O) groups is 3. The number of aromatic nitrogens is 2. The zero-order valence-corrected chi connectivity index (χ0v) is 14.0. The molecule has 1 aromatic heterocycles. The smallest absolute Gasteiger partial charge is 0.325 e. The van der Waals surface area contributed by atoms with E-state index in [-0.39, 0.29) is 24.3 Å². The summed E-state index contributed by atoms with van der Waals surface area (Å²) in [5.74, 6) is 0.263. The summed E-state index contributed by atoms with van der Waals surface area (Å²) in [7, 11) is 0. The molecule has 1 saturated carbocycles. The Morgan fingerprint density at radius 1 is 1.33 bits per heavy atom. The normalized spacial score (nSPS) is 21.2. The average molecular weight is 352 g/mol. The maximum absolute atomic E-state index is 12.6. The molecule has 0 aromatic carbocycles. The van der Waals surface area contributed by atoms with Crippen molar-refractivity contribution in [1.29, 1.82) is 0 Å². The predicted octanol–water partition coefficient (Wildman–Crippen LogP) is 0.998. The largest absolute Gasteiger partial charge is 0.480 e. The van der Waals surface area contributed by atoms with Crippen LogP contribution in [0, 0.1) is 5.92 Å². The van der Waals surface area contributed by atoms with Gasteiger partial charge in [-0.3, -0.25) is 19.1 Å². The maximum atomic E-state index is 12.6. The number of hydrogen-bond donors (Lipinski definition) is 2. The highest BCUT2D eigenvalue weighted by molar-refractivity contribution is 7.99. The molecule has 2 amide bonds. The van der Waals surface area contributed by atoms with E-state index in [9.17, 15) is 14.4 Å². The number of amides is 2. The lowest BCUT2D eigenvalue weighted by Crippen LogP contribution is -2.46. The highest BCUT2D eigenvalue weighted by Crippen LogP contribution is 2.31. The van der Waals surface area contributed by atoms with Crippen LogP contribution in [0.2, 0.25) is 0 Å². The van der Waals surface area contributed by atoms with Crippen molar-refractivity contribution in [3.8, 4) is 0 Å². The first kappa shape index (κ1) is 16.8. The molecule has 130 valence electrons. The summed E-state index contributed by atoms with van der Waals surface area (Å²) in [4.78, 5) is 37.4. The van der Waals surface area contributed by atoms with Gasteiger partial charge < -0.3 is 15.3 Å². The summed E-state index contributed by atoms with van der Waals surface area (Å²) >= 11 is 1.57.